The zero-order valence-electron chi connectivity index (χ0n) is 12.3. The van der Waals surface area contributed by atoms with E-state index in [1.54, 1.807) is 0 Å². The molecule has 1 unspecified atom stereocenters. The Labute approximate surface area is 125 Å². The molecule has 1 aliphatic heterocycles. The quantitative estimate of drug-likeness (QED) is 0.842. The van der Waals surface area contributed by atoms with Crippen LogP contribution in [0, 0.1) is 0 Å². The van der Waals surface area contributed by atoms with Crippen LogP contribution in [-0.2, 0) is 16.1 Å². The van der Waals surface area contributed by atoms with Gasteiger partial charge in [0.05, 0.1) is 6.04 Å². The van der Waals surface area contributed by atoms with Crippen LogP contribution in [0.5, 0.6) is 0 Å². The summed E-state index contributed by atoms with van der Waals surface area (Å²) in [6.45, 7) is 3.83. The second-order valence-electron chi connectivity index (χ2n) is 5.39. The van der Waals surface area contributed by atoms with E-state index >= 15 is 0 Å². The molecule has 1 aliphatic rings. The van der Waals surface area contributed by atoms with Gasteiger partial charge in [0.2, 0.25) is 0 Å². The molecule has 0 bridgehead atoms. The fourth-order valence-electron chi connectivity index (χ4n) is 2.47. The summed E-state index contributed by atoms with van der Waals surface area (Å²) in [6.07, 6.45) is 2.28. The maximum absolute atomic E-state index is 11.8. The molecule has 1 N–H and O–H groups in total. The standard InChI is InChI=1S/C16H22N2O3/c1-13(11-19)18-9-7-15(8-10-18)17-16(20)21-12-14-5-3-2-4-6-14/h2-6,11,13,15H,7-10,12H2,1H3,(H,17,20). The van der Waals surface area contributed by atoms with Crippen molar-refractivity contribution in [1.29, 1.82) is 0 Å². The van der Waals surface area contributed by atoms with Gasteiger partial charge in [-0.05, 0) is 25.3 Å². The Balaban J connectivity index is 1.68. The number of alkyl carbamates (subject to hydrolysis) is 1. The minimum absolute atomic E-state index is 0.0454. The van der Waals surface area contributed by atoms with Gasteiger partial charge in [-0.25, -0.2) is 4.79 Å². The molecule has 114 valence electrons. The zero-order valence-corrected chi connectivity index (χ0v) is 12.3. The van der Waals surface area contributed by atoms with Gasteiger partial charge in [-0.1, -0.05) is 30.3 Å². The van der Waals surface area contributed by atoms with Crippen LogP contribution >= 0.6 is 0 Å². The number of piperidine rings is 1. The van der Waals surface area contributed by atoms with Crippen molar-refractivity contribution in [2.24, 2.45) is 0 Å². The maximum Gasteiger partial charge on any atom is 0.407 e. The lowest BCUT2D eigenvalue weighted by atomic mass is 10.0. The van der Waals surface area contributed by atoms with Gasteiger partial charge in [-0.15, -0.1) is 0 Å². The summed E-state index contributed by atoms with van der Waals surface area (Å²) in [4.78, 5) is 24.6. The number of nitrogens with zero attached hydrogens (tertiary/aromatic N) is 1. The number of carbonyl (C=O) groups is 2. The SMILES string of the molecule is CC(C=O)N1CCC(NC(=O)OCc2ccccc2)CC1. The topological polar surface area (TPSA) is 58.6 Å². The lowest BCUT2D eigenvalue weighted by molar-refractivity contribution is -0.112. The summed E-state index contributed by atoms with van der Waals surface area (Å²) in [5, 5.41) is 2.89. The largest absolute Gasteiger partial charge is 0.445 e. The lowest BCUT2D eigenvalue weighted by Gasteiger charge is -2.33. The molecule has 1 saturated heterocycles. The molecule has 0 aromatic heterocycles. The van der Waals surface area contributed by atoms with Crippen LogP contribution in [0.1, 0.15) is 25.3 Å². The highest BCUT2D eigenvalue weighted by molar-refractivity contribution is 5.67. The van der Waals surface area contributed by atoms with Crippen LogP contribution in [-0.4, -0.2) is 42.5 Å². The van der Waals surface area contributed by atoms with E-state index in [-0.39, 0.29) is 24.8 Å². The van der Waals surface area contributed by atoms with Crippen molar-refractivity contribution < 1.29 is 14.3 Å². The van der Waals surface area contributed by atoms with Crippen molar-refractivity contribution in [3.8, 4) is 0 Å². The Bertz CT molecular complexity index is 456. The number of carbonyl (C=O) groups excluding carboxylic acids is 2. The molecule has 2 rings (SSSR count). The molecule has 1 aromatic rings. The Morgan fingerprint density at radius 2 is 2.05 bits per heavy atom. The van der Waals surface area contributed by atoms with Gasteiger partial charge in [0.25, 0.3) is 0 Å². The Hall–Kier alpha value is -1.88. The van der Waals surface area contributed by atoms with Crippen LogP contribution in [0.25, 0.3) is 0 Å². The van der Waals surface area contributed by atoms with Gasteiger partial charge in [0.1, 0.15) is 12.9 Å². The number of rotatable bonds is 5. The first-order valence-electron chi connectivity index (χ1n) is 7.35. The van der Waals surface area contributed by atoms with E-state index in [0.717, 1.165) is 37.8 Å². The van der Waals surface area contributed by atoms with E-state index in [9.17, 15) is 9.59 Å². The van der Waals surface area contributed by atoms with E-state index in [1.807, 2.05) is 37.3 Å². The number of hydrogen-bond donors (Lipinski definition) is 1. The summed E-state index contributed by atoms with van der Waals surface area (Å²) >= 11 is 0. The zero-order chi connectivity index (χ0) is 15.1. The normalized spacial score (nSPS) is 18.0. The summed E-state index contributed by atoms with van der Waals surface area (Å²) in [6, 6.07) is 9.69. The van der Waals surface area contributed by atoms with Crippen molar-refractivity contribution in [3.05, 3.63) is 35.9 Å². The summed E-state index contributed by atoms with van der Waals surface area (Å²) in [7, 11) is 0. The van der Waals surface area contributed by atoms with Crippen molar-refractivity contribution >= 4 is 12.4 Å². The van der Waals surface area contributed by atoms with Crippen LogP contribution in [0.4, 0.5) is 4.79 Å². The van der Waals surface area contributed by atoms with Crippen LogP contribution in [0.2, 0.25) is 0 Å². The molecular weight excluding hydrogens is 268 g/mol. The van der Waals surface area contributed by atoms with Crippen molar-refractivity contribution in [2.45, 2.75) is 38.5 Å². The molecule has 1 aromatic carbocycles. The minimum atomic E-state index is -0.374. The van der Waals surface area contributed by atoms with Gasteiger partial charge >= 0.3 is 6.09 Å². The minimum Gasteiger partial charge on any atom is -0.445 e. The predicted octanol–water partition coefficient (Wildman–Crippen LogP) is 1.96. The number of nitrogens with one attached hydrogen (secondary N) is 1. The number of benzene rings is 1. The van der Waals surface area contributed by atoms with Gasteiger partial charge < -0.3 is 14.8 Å². The Morgan fingerprint density at radius 1 is 1.38 bits per heavy atom. The average molecular weight is 290 g/mol. The molecule has 21 heavy (non-hydrogen) atoms. The molecule has 5 heteroatoms. The van der Waals surface area contributed by atoms with Gasteiger partial charge in [-0.2, -0.15) is 0 Å². The van der Waals surface area contributed by atoms with Gasteiger partial charge in [-0.3, -0.25) is 4.90 Å². The highest BCUT2D eigenvalue weighted by Gasteiger charge is 2.23. The average Bonchev–Trinajstić information content (AvgIpc) is 2.54. The number of amides is 1. The molecule has 5 nitrogen and oxygen atoms in total. The highest BCUT2D eigenvalue weighted by atomic mass is 16.5. The summed E-state index contributed by atoms with van der Waals surface area (Å²) in [5.41, 5.74) is 0.974. The van der Waals surface area contributed by atoms with E-state index in [0.29, 0.717) is 0 Å². The maximum atomic E-state index is 11.8. The van der Waals surface area contributed by atoms with E-state index in [4.69, 9.17) is 4.74 Å². The fraction of sp³-hybridized carbons (Fsp3) is 0.500. The van der Waals surface area contributed by atoms with E-state index in [2.05, 4.69) is 10.2 Å². The second-order valence-corrected chi connectivity index (χ2v) is 5.39. The third kappa shape index (κ3) is 4.86. The summed E-state index contributed by atoms with van der Waals surface area (Å²) < 4.78 is 5.21. The lowest BCUT2D eigenvalue weighted by Crippen LogP contribution is -2.47. The first-order chi connectivity index (χ1) is 10.2. The van der Waals surface area contributed by atoms with Crippen LogP contribution in [0.3, 0.4) is 0 Å². The third-order valence-corrected chi connectivity index (χ3v) is 3.84. The van der Waals surface area contributed by atoms with E-state index in [1.165, 1.54) is 0 Å². The van der Waals surface area contributed by atoms with Crippen LogP contribution < -0.4 is 5.32 Å². The molecule has 1 heterocycles. The molecule has 1 atom stereocenters. The van der Waals surface area contributed by atoms with Crippen molar-refractivity contribution in [1.82, 2.24) is 10.2 Å². The molecule has 0 spiro atoms. The number of likely N-dealkylation sites (tertiary alicyclic amines) is 1. The molecule has 1 fully saturated rings. The number of ether oxygens (including phenoxy) is 1. The van der Waals surface area contributed by atoms with Gasteiger partial charge in [0, 0.05) is 19.1 Å². The third-order valence-electron chi connectivity index (χ3n) is 3.84. The first-order valence-corrected chi connectivity index (χ1v) is 7.35. The molecule has 0 aliphatic carbocycles. The molecule has 1 amide bonds. The smallest absolute Gasteiger partial charge is 0.407 e. The highest BCUT2D eigenvalue weighted by Crippen LogP contribution is 2.12. The molecule has 0 radical (unpaired) electrons. The second kappa shape index (κ2) is 7.78. The Kier molecular flexibility index (Phi) is 5.75. The Morgan fingerprint density at radius 3 is 2.67 bits per heavy atom. The van der Waals surface area contributed by atoms with Gasteiger partial charge in [0.15, 0.2) is 0 Å². The number of hydrogen-bond acceptors (Lipinski definition) is 4. The monoisotopic (exact) mass is 290 g/mol. The fourth-order valence-corrected chi connectivity index (χ4v) is 2.47. The molecular formula is C16H22N2O3. The van der Waals surface area contributed by atoms with Crippen LogP contribution in [0.15, 0.2) is 30.3 Å². The molecule has 0 saturated carbocycles. The predicted molar refractivity (Wildman–Crippen MR) is 79.9 cm³/mol. The summed E-state index contributed by atoms with van der Waals surface area (Å²) in [5.74, 6) is 0. The first kappa shape index (κ1) is 15.5. The number of aldehydes is 1. The van der Waals surface area contributed by atoms with Crippen molar-refractivity contribution in [3.63, 3.8) is 0 Å². The van der Waals surface area contributed by atoms with E-state index < -0.39 is 0 Å². The van der Waals surface area contributed by atoms with Crippen molar-refractivity contribution in [2.75, 3.05) is 13.1 Å².